The Morgan fingerprint density at radius 1 is 1.08 bits per heavy atom. The Morgan fingerprint density at radius 2 is 1.85 bits per heavy atom. The van der Waals surface area contributed by atoms with Crippen molar-refractivity contribution in [1.29, 1.82) is 0 Å². The van der Waals surface area contributed by atoms with Crippen molar-refractivity contribution >= 4 is 22.4 Å². The first-order chi connectivity index (χ1) is 12.7. The lowest BCUT2D eigenvalue weighted by Gasteiger charge is -2.08. The van der Waals surface area contributed by atoms with Gasteiger partial charge in [0.15, 0.2) is 11.7 Å². The number of nitrogens with zero attached hydrogens (tertiary/aromatic N) is 2. The van der Waals surface area contributed by atoms with Gasteiger partial charge in [0, 0.05) is 11.6 Å². The van der Waals surface area contributed by atoms with Crippen molar-refractivity contribution in [1.82, 2.24) is 9.97 Å². The maximum atomic E-state index is 12.0. The molecule has 2 aromatic heterocycles. The highest BCUT2D eigenvalue weighted by Gasteiger charge is 2.09. The normalized spacial score (nSPS) is 10.3. The van der Waals surface area contributed by atoms with Crippen molar-refractivity contribution in [3.63, 3.8) is 0 Å². The van der Waals surface area contributed by atoms with Gasteiger partial charge in [0.1, 0.15) is 17.2 Å². The second-order valence-electron chi connectivity index (χ2n) is 5.41. The number of hydrogen-bond acceptors (Lipinski definition) is 6. The van der Waals surface area contributed by atoms with Gasteiger partial charge < -0.3 is 9.47 Å². The quantitative estimate of drug-likeness (QED) is 0.649. The molecule has 3 rings (SSSR count). The molecule has 0 bridgehead atoms. The fraction of sp³-hybridized carbons (Fsp3) is 0.211. The van der Waals surface area contributed by atoms with E-state index in [0.29, 0.717) is 17.5 Å². The highest BCUT2D eigenvalue weighted by molar-refractivity contribution is 7.14. The Balaban J connectivity index is 1.49. The van der Waals surface area contributed by atoms with Crippen molar-refractivity contribution < 1.29 is 14.3 Å². The van der Waals surface area contributed by atoms with Crippen molar-refractivity contribution in [2.24, 2.45) is 0 Å². The molecule has 0 spiro atoms. The molecular formula is C19H19N3O3S. The molecule has 0 aliphatic rings. The molecule has 6 nitrogen and oxygen atoms in total. The number of anilines is 1. The number of carbonyl (C=O) groups excluding carboxylic acids is 1. The van der Waals surface area contributed by atoms with Crippen LogP contribution in [0.5, 0.6) is 11.5 Å². The summed E-state index contributed by atoms with van der Waals surface area (Å²) in [4.78, 5) is 20.6. The predicted molar refractivity (Wildman–Crippen MR) is 102 cm³/mol. The van der Waals surface area contributed by atoms with Gasteiger partial charge >= 0.3 is 0 Å². The van der Waals surface area contributed by atoms with E-state index in [4.69, 9.17) is 9.47 Å². The van der Waals surface area contributed by atoms with Crippen LogP contribution < -0.4 is 14.8 Å². The van der Waals surface area contributed by atoms with Crippen molar-refractivity contribution in [2.75, 3.05) is 18.5 Å². The summed E-state index contributed by atoms with van der Waals surface area (Å²) in [6, 6.07) is 12.8. The Bertz CT molecular complexity index is 835. The SMILES string of the molecule is CCCOc1ccc(OCC(=O)Nc2nc(-c3ccccn3)cs2)cc1. The van der Waals surface area contributed by atoms with Gasteiger partial charge in [-0.05, 0) is 42.8 Å². The summed E-state index contributed by atoms with van der Waals surface area (Å²) in [5, 5.41) is 5.10. The topological polar surface area (TPSA) is 73.3 Å². The molecule has 2 heterocycles. The monoisotopic (exact) mass is 369 g/mol. The number of benzene rings is 1. The first kappa shape index (κ1) is 17.9. The summed E-state index contributed by atoms with van der Waals surface area (Å²) >= 11 is 1.35. The van der Waals surface area contributed by atoms with Gasteiger partial charge in [-0.2, -0.15) is 0 Å². The van der Waals surface area contributed by atoms with Crippen LogP contribution in [0.3, 0.4) is 0 Å². The van der Waals surface area contributed by atoms with E-state index in [0.717, 1.165) is 23.6 Å². The zero-order chi connectivity index (χ0) is 18.2. The van der Waals surface area contributed by atoms with E-state index in [9.17, 15) is 4.79 Å². The molecule has 0 aliphatic carbocycles. The lowest BCUT2D eigenvalue weighted by Crippen LogP contribution is -2.20. The van der Waals surface area contributed by atoms with E-state index in [1.54, 1.807) is 18.3 Å². The minimum atomic E-state index is -0.266. The molecule has 0 fully saturated rings. The lowest BCUT2D eigenvalue weighted by molar-refractivity contribution is -0.118. The number of rotatable bonds is 8. The Kier molecular flexibility index (Phi) is 6.16. The average molecular weight is 369 g/mol. The standard InChI is InChI=1S/C19H19N3O3S/c1-2-11-24-14-6-8-15(9-7-14)25-12-18(23)22-19-21-17(13-26-19)16-5-3-4-10-20-16/h3-10,13H,2,11-12H2,1H3,(H,21,22,23). The summed E-state index contributed by atoms with van der Waals surface area (Å²) in [5.41, 5.74) is 1.50. The zero-order valence-corrected chi connectivity index (χ0v) is 15.2. The van der Waals surface area contributed by atoms with Crippen LogP contribution in [0, 0.1) is 0 Å². The average Bonchev–Trinajstić information content (AvgIpc) is 3.14. The Morgan fingerprint density at radius 3 is 2.54 bits per heavy atom. The van der Waals surface area contributed by atoms with Gasteiger partial charge in [0.05, 0.1) is 12.3 Å². The highest BCUT2D eigenvalue weighted by Crippen LogP contribution is 2.23. The van der Waals surface area contributed by atoms with E-state index in [1.165, 1.54) is 11.3 Å². The van der Waals surface area contributed by atoms with Crippen molar-refractivity contribution in [3.05, 3.63) is 54.0 Å². The van der Waals surface area contributed by atoms with Gasteiger partial charge in [-0.1, -0.05) is 13.0 Å². The molecule has 0 atom stereocenters. The summed E-state index contributed by atoms with van der Waals surface area (Å²) in [5.74, 6) is 1.13. The number of nitrogens with one attached hydrogen (secondary N) is 1. The van der Waals surface area contributed by atoms with Gasteiger partial charge in [-0.3, -0.25) is 15.1 Å². The first-order valence-corrected chi connectivity index (χ1v) is 9.15. The number of amides is 1. The largest absolute Gasteiger partial charge is 0.494 e. The second-order valence-corrected chi connectivity index (χ2v) is 6.27. The van der Waals surface area contributed by atoms with Crippen molar-refractivity contribution in [2.45, 2.75) is 13.3 Å². The lowest BCUT2D eigenvalue weighted by atomic mass is 10.3. The van der Waals surface area contributed by atoms with E-state index < -0.39 is 0 Å². The van der Waals surface area contributed by atoms with E-state index >= 15 is 0 Å². The number of hydrogen-bond donors (Lipinski definition) is 1. The summed E-state index contributed by atoms with van der Waals surface area (Å²) < 4.78 is 11.0. The van der Waals surface area contributed by atoms with E-state index in [-0.39, 0.29) is 12.5 Å². The van der Waals surface area contributed by atoms with Crippen LogP contribution in [0.4, 0.5) is 5.13 Å². The molecule has 7 heteroatoms. The first-order valence-electron chi connectivity index (χ1n) is 8.27. The molecule has 0 aliphatic heterocycles. The Hall–Kier alpha value is -2.93. The molecule has 26 heavy (non-hydrogen) atoms. The van der Waals surface area contributed by atoms with Crippen LogP contribution in [0.15, 0.2) is 54.0 Å². The number of aromatic nitrogens is 2. The number of thiazole rings is 1. The number of carbonyl (C=O) groups is 1. The van der Waals surface area contributed by atoms with Crippen LogP contribution >= 0.6 is 11.3 Å². The third-order valence-electron chi connectivity index (χ3n) is 3.34. The zero-order valence-electron chi connectivity index (χ0n) is 14.3. The minimum Gasteiger partial charge on any atom is -0.494 e. The Labute approximate surface area is 155 Å². The smallest absolute Gasteiger partial charge is 0.264 e. The highest BCUT2D eigenvalue weighted by atomic mass is 32.1. The molecule has 1 aromatic carbocycles. The van der Waals surface area contributed by atoms with E-state index in [1.807, 2.05) is 35.7 Å². The molecule has 0 unspecified atom stereocenters. The molecule has 1 N–H and O–H groups in total. The van der Waals surface area contributed by atoms with E-state index in [2.05, 4.69) is 22.2 Å². The minimum absolute atomic E-state index is 0.0896. The fourth-order valence-electron chi connectivity index (χ4n) is 2.12. The van der Waals surface area contributed by atoms with Gasteiger partial charge in [-0.25, -0.2) is 4.98 Å². The summed E-state index contributed by atoms with van der Waals surface area (Å²) in [7, 11) is 0. The second kappa shape index (κ2) is 8.96. The predicted octanol–water partition coefficient (Wildman–Crippen LogP) is 4.01. The molecule has 3 aromatic rings. The molecule has 0 saturated carbocycles. The number of pyridine rings is 1. The van der Waals surface area contributed by atoms with Gasteiger partial charge in [0.25, 0.3) is 5.91 Å². The fourth-order valence-corrected chi connectivity index (χ4v) is 2.84. The molecule has 0 saturated heterocycles. The summed E-state index contributed by atoms with van der Waals surface area (Å²) in [6.07, 6.45) is 2.66. The van der Waals surface area contributed by atoms with Crippen LogP contribution in [0.2, 0.25) is 0 Å². The maximum absolute atomic E-state index is 12.0. The van der Waals surface area contributed by atoms with Crippen LogP contribution in [0.1, 0.15) is 13.3 Å². The van der Waals surface area contributed by atoms with Gasteiger partial charge in [0.2, 0.25) is 0 Å². The molecular weight excluding hydrogens is 350 g/mol. The van der Waals surface area contributed by atoms with Crippen molar-refractivity contribution in [3.8, 4) is 22.9 Å². The molecule has 1 amide bonds. The van der Waals surface area contributed by atoms with Crippen LogP contribution in [-0.4, -0.2) is 29.1 Å². The molecule has 0 radical (unpaired) electrons. The number of ether oxygens (including phenoxy) is 2. The van der Waals surface area contributed by atoms with Crippen LogP contribution in [0.25, 0.3) is 11.4 Å². The summed E-state index contributed by atoms with van der Waals surface area (Å²) in [6.45, 7) is 2.64. The maximum Gasteiger partial charge on any atom is 0.264 e. The third-order valence-corrected chi connectivity index (χ3v) is 4.10. The molecule has 134 valence electrons. The third kappa shape index (κ3) is 5.03. The van der Waals surface area contributed by atoms with Crippen LogP contribution in [-0.2, 0) is 4.79 Å². The van der Waals surface area contributed by atoms with Gasteiger partial charge in [-0.15, -0.1) is 11.3 Å².